The molecule has 4 heteroatoms. The molecule has 2 rings (SSSR count). The molecule has 0 radical (unpaired) electrons. The van der Waals surface area contributed by atoms with Crippen LogP contribution in [0.15, 0.2) is 24.3 Å². The van der Waals surface area contributed by atoms with Crippen LogP contribution >= 0.6 is 0 Å². The average Bonchev–Trinajstić information content (AvgIpc) is 2.48. The van der Waals surface area contributed by atoms with E-state index in [0.29, 0.717) is 5.92 Å². The molecular weight excluding hydrogens is 275 g/mol. The summed E-state index contributed by atoms with van der Waals surface area (Å²) in [6.07, 6.45) is 2.57. The number of hydrogen-bond donors (Lipinski definition) is 1. The Morgan fingerprint density at radius 1 is 1.19 bits per heavy atom. The van der Waals surface area contributed by atoms with Gasteiger partial charge < -0.3 is 5.32 Å². The zero-order valence-corrected chi connectivity index (χ0v) is 12.5. The van der Waals surface area contributed by atoms with Gasteiger partial charge in [-0.25, -0.2) is 0 Å². The maximum atomic E-state index is 12.9. The lowest BCUT2D eigenvalue weighted by Gasteiger charge is -2.32. The molecule has 1 atom stereocenters. The van der Waals surface area contributed by atoms with Crippen molar-refractivity contribution >= 4 is 0 Å². The van der Waals surface area contributed by atoms with Crippen LogP contribution in [-0.2, 0) is 6.18 Å². The van der Waals surface area contributed by atoms with Crippen LogP contribution in [-0.4, -0.2) is 6.54 Å². The maximum Gasteiger partial charge on any atom is 0.416 e. The lowest BCUT2D eigenvalue weighted by molar-refractivity contribution is -0.137. The third-order valence-corrected chi connectivity index (χ3v) is 4.31. The molecule has 0 bridgehead atoms. The van der Waals surface area contributed by atoms with Crippen LogP contribution in [0, 0.1) is 5.92 Å². The number of halogens is 3. The van der Waals surface area contributed by atoms with Crippen LogP contribution in [0.1, 0.15) is 62.6 Å². The fourth-order valence-electron chi connectivity index (χ4n) is 3.23. The Morgan fingerprint density at radius 2 is 1.90 bits per heavy atom. The second kappa shape index (κ2) is 7.30. The van der Waals surface area contributed by atoms with E-state index in [4.69, 9.17) is 0 Å². The highest BCUT2D eigenvalue weighted by molar-refractivity contribution is 5.28. The van der Waals surface area contributed by atoms with Crippen LogP contribution in [0.25, 0.3) is 0 Å². The Balaban J connectivity index is 2.22. The topological polar surface area (TPSA) is 12.0 Å². The number of benzene rings is 1. The molecule has 0 amide bonds. The van der Waals surface area contributed by atoms with Gasteiger partial charge in [-0.05, 0) is 49.4 Å². The van der Waals surface area contributed by atoms with Gasteiger partial charge in [-0.15, -0.1) is 0 Å². The fraction of sp³-hybridized carbons (Fsp3) is 0.647. The molecular formula is C17H24F3N. The molecule has 1 fully saturated rings. The molecule has 1 aliphatic carbocycles. The van der Waals surface area contributed by atoms with Gasteiger partial charge in [-0.2, -0.15) is 13.2 Å². The van der Waals surface area contributed by atoms with Gasteiger partial charge in [-0.1, -0.05) is 38.3 Å². The first-order chi connectivity index (χ1) is 10.0. The number of alkyl halides is 3. The Hall–Kier alpha value is -1.03. The minimum Gasteiger partial charge on any atom is -0.310 e. The summed E-state index contributed by atoms with van der Waals surface area (Å²) < 4.78 is 38.7. The molecule has 0 aliphatic heterocycles. The summed E-state index contributed by atoms with van der Waals surface area (Å²) in [7, 11) is 0. The van der Waals surface area contributed by atoms with E-state index in [2.05, 4.69) is 12.2 Å². The van der Waals surface area contributed by atoms with E-state index < -0.39 is 11.7 Å². The molecule has 0 saturated heterocycles. The van der Waals surface area contributed by atoms with E-state index in [1.807, 2.05) is 6.07 Å². The molecule has 0 spiro atoms. The summed E-state index contributed by atoms with van der Waals surface area (Å²) >= 11 is 0. The molecule has 1 aromatic rings. The molecule has 1 unspecified atom stereocenters. The Labute approximate surface area is 124 Å². The zero-order chi connectivity index (χ0) is 15.3. The lowest BCUT2D eigenvalue weighted by Crippen LogP contribution is -2.30. The van der Waals surface area contributed by atoms with Crippen molar-refractivity contribution in [3.63, 3.8) is 0 Å². The van der Waals surface area contributed by atoms with Crippen molar-refractivity contribution in [2.24, 2.45) is 5.92 Å². The molecule has 1 nitrogen and oxygen atoms in total. The molecule has 1 aliphatic rings. The summed E-state index contributed by atoms with van der Waals surface area (Å²) in [6, 6.07) is 5.88. The highest BCUT2D eigenvalue weighted by Crippen LogP contribution is 2.37. The smallest absolute Gasteiger partial charge is 0.310 e. The maximum absolute atomic E-state index is 12.9. The molecule has 21 heavy (non-hydrogen) atoms. The highest BCUT2D eigenvalue weighted by atomic mass is 19.4. The Bertz CT molecular complexity index is 436. The van der Waals surface area contributed by atoms with E-state index in [9.17, 15) is 13.2 Å². The second-order valence-electron chi connectivity index (χ2n) is 5.95. The van der Waals surface area contributed by atoms with Gasteiger partial charge >= 0.3 is 6.18 Å². The number of rotatable bonds is 5. The quantitative estimate of drug-likeness (QED) is 0.775. The molecule has 0 aromatic heterocycles. The summed E-state index contributed by atoms with van der Waals surface area (Å²) in [6.45, 7) is 2.93. The Kier molecular flexibility index (Phi) is 5.68. The predicted molar refractivity (Wildman–Crippen MR) is 79.1 cm³/mol. The summed E-state index contributed by atoms with van der Waals surface area (Å²) in [5, 5.41) is 3.47. The normalized spacial score (nSPS) is 18.7. The summed E-state index contributed by atoms with van der Waals surface area (Å²) in [5.74, 6) is 0.453. The van der Waals surface area contributed by atoms with Crippen LogP contribution in [0.4, 0.5) is 13.2 Å². The highest BCUT2D eigenvalue weighted by Gasteiger charge is 2.32. The molecule has 0 heterocycles. The zero-order valence-electron chi connectivity index (χ0n) is 12.5. The largest absolute Gasteiger partial charge is 0.416 e. The fourth-order valence-corrected chi connectivity index (χ4v) is 3.23. The number of hydrogen-bond acceptors (Lipinski definition) is 1. The van der Waals surface area contributed by atoms with Crippen LogP contribution in [0.5, 0.6) is 0 Å². The van der Waals surface area contributed by atoms with Crippen molar-refractivity contribution in [2.75, 3.05) is 6.54 Å². The van der Waals surface area contributed by atoms with Crippen molar-refractivity contribution in [3.8, 4) is 0 Å². The summed E-state index contributed by atoms with van der Waals surface area (Å²) in [4.78, 5) is 0. The predicted octanol–water partition coefficient (Wildman–Crippen LogP) is 5.33. The first kappa shape index (κ1) is 16.3. The monoisotopic (exact) mass is 299 g/mol. The minimum absolute atomic E-state index is 0.0487. The second-order valence-corrected chi connectivity index (χ2v) is 5.95. The van der Waals surface area contributed by atoms with Gasteiger partial charge in [0.15, 0.2) is 0 Å². The van der Waals surface area contributed by atoms with Crippen molar-refractivity contribution < 1.29 is 13.2 Å². The first-order valence-electron chi connectivity index (χ1n) is 7.93. The SMILES string of the molecule is CCCNC(c1cccc(C(F)(F)F)c1)C1CCCCC1. The van der Waals surface area contributed by atoms with Crippen LogP contribution in [0.3, 0.4) is 0 Å². The van der Waals surface area contributed by atoms with Gasteiger partial charge in [0.25, 0.3) is 0 Å². The van der Waals surface area contributed by atoms with E-state index in [0.717, 1.165) is 37.4 Å². The molecule has 1 N–H and O–H groups in total. The third kappa shape index (κ3) is 4.47. The molecule has 118 valence electrons. The Morgan fingerprint density at radius 3 is 2.52 bits per heavy atom. The summed E-state index contributed by atoms with van der Waals surface area (Å²) in [5.41, 5.74) is 0.240. The van der Waals surface area contributed by atoms with Crippen molar-refractivity contribution in [2.45, 2.75) is 57.7 Å². The van der Waals surface area contributed by atoms with Gasteiger partial charge in [-0.3, -0.25) is 0 Å². The van der Waals surface area contributed by atoms with E-state index in [1.54, 1.807) is 0 Å². The standard InChI is InChI=1S/C17H24F3N/c1-2-11-21-16(13-7-4-3-5-8-13)14-9-6-10-15(12-14)17(18,19)20/h6,9-10,12-13,16,21H,2-5,7-8,11H2,1H3. The van der Waals surface area contributed by atoms with Gasteiger partial charge in [0.05, 0.1) is 5.56 Å². The third-order valence-electron chi connectivity index (χ3n) is 4.31. The molecule has 1 saturated carbocycles. The lowest BCUT2D eigenvalue weighted by atomic mass is 9.81. The van der Waals surface area contributed by atoms with Gasteiger partial charge in [0, 0.05) is 6.04 Å². The number of nitrogens with one attached hydrogen (secondary N) is 1. The van der Waals surface area contributed by atoms with Crippen molar-refractivity contribution in [1.82, 2.24) is 5.32 Å². The van der Waals surface area contributed by atoms with Crippen LogP contribution in [0.2, 0.25) is 0 Å². The van der Waals surface area contributed by atoms with Gasteiger partial charge in [0.2, 0.25) is 0 Å². The van der Waals surface area contributed by atoms with Gasteiger partial charge in [0.1, 0.15) is 0 Å². The minimum atomic E-state index is -4.27. The average molecular weight is 299 g/mol. The molecule has 1 aromatic carbocycles. The van der Waals surface area contributed by atoms with Crippen LogP contribution < -0.4 is 5.32 Å². The van der Waals surface area contributed by atoms with Crippen molar-refractivity contribution in [1.29, 1.82) is 0 Å². The van der Waals surface area contributed by atoms with E-state index in [-0.39, 0.29) is 6.04 Å². The first-order valence-corrected chi connectivity index (χ1v) is 7.93. The van der Waals surface area contributed by atoms with E-state index >= 15 is 0 Å². The van der Waals surface area contributed by atoms with E-state index in [1.165, 1.54) is 31.4 Å². The van der Waals surface area contributed by atoms with Crippen molar-refractivity contribution in [3.05, 3.63) is 35.4 Å².